The number of hydrogen-bond acceptors (Lipinski definition) is 3. The summed E-state index contributed by atoms with van der Waals surface area (Å²) in [6.45, 7) is 4.60. The summed E-state index contributed by atoms with van der Waals surface area (Å²) in [4.78, 5) is 13.9. The molecule has 1 atom stereocenters. The minimum absolute atomic E-state index is 0.475. The van der Waals surface area contributed by atoms with Gasteiger partial charge in [-0.2, -0.15) is 0 Å². The first-order valence-electron chi connectivity index (χ1n) is 7.09. The van der Waals surface area contributed by atoms with Crippen molar-refractivity contribution in [2.24, 2.45) is 11.3 Å². The fraction of sp³-hybridized carbons (Fsp3) is 0.929. The van der Waals surface area contributed by atoms with Crippen LogP contribution in [0.25, 0.3) is 0 Å². The van der Waals surface area contributed by atoms with Gasteiger partial charge in [-0.1, -0.05) is 6.92 Å². The predicted molar refractivity (Wildman–Crippen MR) is 69.6 cm³/mol. The maximum atomic E-state index is 11.4. The molecule has 2 rings (SSSR count). The molecule has 2 aliphatic rings. The zero-order chi connectivity index (χ0) is 13.2. The fourth-order valence-electron chi connectivity index (χ4n) is 3.19. The van der Waals surface area contributed by atoms with E-state index in [1.54, 1.807) is 7.11 Å². The van der Waals surface area contributed by atoms with Crippen molar-refractivity contribution in [1.29, 1.82) is 0 Å². The van der Waals surface area contributed by atoms with Crippen molar-refractivity contribution < 1.29 is 14.6 Å². The largest absolute Gasteiger partial charge is 0.481 e. The van der Waals surface area contributed by atoms with Crippen LogP contribution in [0.1, 0.15) is 39.0 Å². The second-order valence-corrected chi connectivity index (χ2v) is 5.84. The number of hydrogen-bond donors (Lipinski definition) is 1. The van der Waals surface area contributed by atoms with Crippen molar-refractivity contribution in [2.45, 2.75) is 45.1 Å². The molecule has 0 amide bonds. The molecule has 0 bridgehead atoms. The Labute approximate surface area is 109 Å². The fourth-order valence-corrected chi connectivity index (χ4v) is 3.19. The number of carboxylic acid groups (broad SMARTS) is 1. The average Bonchev–Trinajstić information content (AvgIpc) is 3.20. The van der Waals surface area contributed by atoms with Crippen LogP contribution in [-0.4, -0.2) is 48.8 Å². The highest BCUT2D eigenvalue weighted by Crippen LogP contribution is 2.40. The highest BCUT2D eigenvalue weighted by molar-refractivity contribution is 5.74. The van der Waals surface area contributed by atoms with Crippen LogP contribution < -0.4 is 0 Å². The summed E-state index contributed by atoms with van der Waals surface area (Å²) in [7, 11) is 1.76. The summed E-state index contributed by atoms with van der Waals surface area (Å²) in [6, 6.07) is 0.513. The molecular formula is C14H25NO3. The molecule has 104 valence electrons. The Morgan fingerprint density at radius 1 is 1.44 bits per heavy atom. The maximum Gasteiger partial charge on any atom is 0.309 e. The lowest BCUT2D eigenvalue weighted by atomic mass is 9.76. The van der Waals surface area contributed by atoms with Gasteiger partial charge in [0.2, 0.25) is 0 Å². The van der Waals surface area contributed by atoms with Gasteiger partial charge in [0.25, 0.3) is 0 Å². The summed E-state index contributed by atoms with van der Waals surface area (Å²) in [5.41, 5.74) is -0.475. The predicted octanol–water partition coefficient (Wildman–Crippen LogP) is 1.99. The van der Waals surface area contributed by atoms with Crippen LogP contribution in [0.15, 0.2) is 0 Å². The molecule has 1 unspecified atom stereocenters. The molecule has 0 aromatic rings. The van der Waals surface area contributed by atoms with Gasteiger partial charge in [-0.3, -0.25) is 9.69 Å². The molecule has 18 heavy (non-hydrogen) atoms. The van der Waals surface area contributed by atoms with Crippen LogP contribution in [0.5, 0.6) is 0 Å². The third-order valence-electron chi connectivity index (χ3n) is 4.86. The van der Waals surface area contributed by atoms with Gasteiger partial charge in [0.15, 0.2) is 0 Å². The highest BCUT2D eigenvalue weighted by Gasteiger charge is 2.43. The van der Waals surface area contributed by atoms with Gasteiger partial charge < -0.3 is 9.84 Å². The van der Waals surface area contributed by atoms with Crippen LogP contribution >= 0.6 is 0 Å². The Morgan fingerprint density at radius 2 is 2.06 bits per heavy atom. The minimum atomic E-state index is -0.612. The lowest BCUT2D eigenvalue weighted by molar-refractivity contribution is -0.153. The average molecular weight is 255 g/mol. The zero-order valence-electron chi connectivity index (χ0n) is 11.5. The van der Waals surface area contributed by atoms with Crippen LogP contribution in [0.2, 0.25) is 0 Å². The van der Waals surface area contributed by atoms with E-state index in [1.165, 1.54) is 12.8 Å². The molecule has 1 aliphatic carbocycles. The van der Waals surface area contributed by atoms with Gasteiger partial charge in [-0.05, 0) is 51.1 Å². The third-order valence-corrected chi connectivity index (χ3v) is 4.86. The molecule has 4 heteroatoms. The Morgan fingerprint density at radius 3 is 2.44 bits per heavy atom. The molecule has 1 saturated carbocycles. The second-order valence-electron chi connectivity index (χ2n) is 5.84. The number of methoxy groups -OCH3 is 1. The van der Waals surface area contributed by atoms with E-state index >= 15 is 0 Å². The molecule has 0 spiro atoms. The zero-order valence-corrected chi connectivity index (χ0v) is 11.5. The van der Waals surface area contributed by atoms with Crippen LogP contribution in [0.3, 0.4) is 0 Å². The van der Waals surface area contributed by atoms with Gasteiger partial charge in [0, 0.05) is 13.2 Å². The number of nitrogens with zero attached hydrogens (tertiary/aromatic N) is 1. The van der Waals surface area contributed by atoms with Gasteiger partial charge >= 0.3 is 5.97 Å². The Bertz CT molecular complexity index is 293. The number of rotatable bonds is 6. The first kappa shape index (κ1) is 13.8. The van der Waals surface area contributed by atoms with Crippen molar-refractivity contribution in [2.75, 3.05) is 26.8 Å². The van der Waals surface area contributed by atoms with E-state index in [1.807, 2.05) is 6.92 Å². The van der Waals surface area contributed by atoms with Crippen molar-refractivity contribution in [3.63, 3.8) is 0 Å². The van der Waals surface area contributed by atoms with E-state index in [0.717, 1.165) is 44.9 Å². The van der Waals surface area contributed by atoms with Gasteiger partial charge in [-0.25, -0.2) is 0 Å². The van der Waals surface area contributed by atoms with Crippen LogP contribution in [-0.2, 0) is 9.53 Å². The Balaban J connectivity index is 1.94. The molecule has 0 aromatic heterocycles. The molecule has 1 heterocycles. The van der Waals surface area contributed by atoms with Crippen LogP contribution in [0.4, 0.5) is 0 Å². The van der Waals surface area contributed by atoms with Gasteiger partial charge in [-0.15, -0.1) is 0 Å². The minimum Gasteiger partial charge on any atom is -0.481 e. The maximum absolute atomic E-state index is 11.4. The summed E-state index contributed by atoms with van der Waals surface area (Å²) in [5, 5.41) is 9.40. The number of aliphatic carboxylic acids is 1. The Hall–Kier alpha value is -0.610. The molecular weight excluding hydrogens is 230 g/mol. The molecule has 1 aliphatic heterocycles. The molecule has 1 saturated heterocycles. The number of carbonyl (C=O) groups is 1. The monoisotopic (exact) mass is 255 g/mol. The van der Waals surface area contributed by atoms with Crippen molar-refractivity contribution >= 4 is 5.97 Å². The number of ether oxygens (including phenoxy) is 1. The van der Waals surface area contributed by atoms with Crippen molar-refractivity contribution in [3.05, 3.63) is 0 Å². The van der Waals surface area contributed by atoms with Gasteiger partial charge in [0.05, 0.1) is 12.0 Å². The smallest absolute Gasteiger partial charge is 0.309 e. The molecule has 0 radical (unpaired) electrons. The summed E-state index contributed by atoms with van der Waals surface area (Å²) < 4.78 is 5.33. The summed E-state index contributed by atoms with van der Waals surface area (Å²) in [5.74, 6) is 0.170. The highest BCUT2D eigenvalue weighted by atomic mass is 16.5. The van der Waals surface area contributed by atoms with E-state index in [0.29, 0.717) is 6.04 Å². The number of carboxylic acids is 1. The van der Waals surface area contributed by atoms with E-state index in [2.05, 4.69) is 4.90 Å². The van der Waals surface area contributed by atoms with E-state index in [4.69, 9.17) is 4.74 Å². The van der Waals surface area contributed by atoms with E-state index < -0.39 is 11.4 Å². The molecule has 0 aromatic carbocycles. The topological polar surface area (TPSA) is 49.8 Å². The lowest BCUT2D eigenvalue weighted by Gasteiger charge is -2.42. The van der Waals surface area contributed by atoms with Crippen molar-refractivity contribution in [3.8, 4) is 0 Å². The second kappa shape index (κ2) is 5.57. The number of likely N-dealkylation sites (tertiary alicyclic amines) is 1. The summed E-state index contributed by atoms with van der Waals surface area (Å²) >= 11 is 0. The van der Waals surface area contributed by atoms with Gasteiger partial charge in [0.1, 0.15) is 0 Å². The normalized spacial score (nSPS) is 25.9. The number of piperidine rings is 1. The molecule has 2 fully saturated rings. The standard InChI is InChI=1S/C14H25NO3/c1-3-14(13(16)17)6-8-15(9-7-14)12(10-18-2)11-4-5-11/h11-12H,3-10H2,1-2H3,(H,16,17). The van der Waals surface area contributed by atoms with Crippen LogP contribution in [0, 0.1) is 11.3 Å². The van der Waals surface area contributed by atoms with E-state index in [9.17, 15) is 9.90 Å². The third kappa shape index (κ3) is 2.69. The molecule has 1 N–H and O–H groups in total. The van der Waals surface area contributed by atoms with Crippen molar-refractivity contribution in [1.82, 2.24) is 4.90 Å². The van der Waals surface area contributed by atoms with E-state index in [-0.39, 0.29) is 0 Å². The first-order chi connectivity index (χ1) is 8.63. The summed E-state index contributed by atoms with van der Waals surface area (Å²) in [6.07, 6.45) is 4.93. The first-order valence-corrected chi connectivity index (χ1v) is 7.09. The SMILES string of the molecule is CCC1(C(=O)O)CCN(C(COC)C2CC2)CC1. The quantitative estimate of drug-likeness (QED) is 0.788. The Kier molecular flexibility index (Phi) is 4.28. The molecule has 4 nitrogen and oxygen atoms in total. The lowest BCUT2D eigenvalue weighted by Crippen LogP contribution is -2.49.